The van der Waals surface area contributed by atoms with E-state index < -0.39 is 17.8 Å². The number of carboxylic acids is 1. The predicted octanol–water partition coefficient (Wildman–Crippen LogP) is 2.67. The van der Waals surface area contributed by atoms with Crippen molar-refractivity contribution < 1.29 is 19.1 Å². The first-order valence-corrected chi connectivity index (χ1v) is 6.71. The van der Waals surface area contributed by atoms with E-state index in [2.05, 4.69) is 15.9 Å². The number of aliphatic carboxylic acids is 1. The lowest BCUT2D eigenvalue weighted by Gasteiger charge is -2.26. The number of nitrogens with zero attached hydrogens (tertiary/aromatic N) is 1. The second-order valence-corrected chi connectivity index (χ2v) is 5.44. The largest absolute Gasteiger partial charge is 0.480 e. The van der Waals surface area contributed by atoms with Crippen molar-refractivity contribution in [2.24, 2.45) is 0 Å². The molecule has 1 N–H and O–H groups in total. The molecule has 0 radical (unpaired) electrons. The molecule has 2 rings (SSSR count). The van der Waals surface area contributed by atoms with E-state index in [9.17, 15) is 14.0 Å². The molecule has 1 fully saturated rings. The molecule has 19 heavy (non-hydrogen) atoms. The van der Waals surface area contributed by atoms with Crippen LogP contribution in [0, 0.1) is 5.82 Å². The average molecular weight is 330 g/mol. The van der Waals surface area contributed by atoms with Crippen molar-refractivity contribution in [1.29, 1.82) is 0 Å². The van der Waals surface area contributed by atoms with Gasteiger partial charge in [-0.05, 0) is 53.9 Å². The van der Waals surface area contributed by atoms with Gasteiger partial charge in [-0.3, -0.25) is 4.79 Å². The fraction of sp³-hybridized carbons (Fsp3) is 0.385. The van der Waals surface area contributed by atoms with Gasteiger partial charge >= 0.3 is 5.97 Å². The van der Waals surface area contributed by atoms with Gasteiger partial charge in [0.1, 0.15) is 11.9 Å². The third kappa shape index (κ3) is 2.94. The van der Waals surface area contributed by atoms with E-state index >= 15 is 0 Å². The number of carbonyl (C=O) groups is 2. The molecule has 1 amide bonds. The number of hydrogen-bond donors (Lipinski definition) is 1. The fourth-order valence-electron chi connectivity index (χ4n) is 1.93. The number of rotatable bonds is 4. The average Bonchev–Trinajstić information content (AvgIpc) is 3.13. The minimum absolute atomic E-state index is 0.0319. The van der Waals surface area contributed by atoms with Gasteiger partial charge in [0.2, 0.25) is 0 Å². The maximum absolute atomic E-state index is 13.0. The molecule has 1 saturated carbocycles. The third-order valence-corrected chi connectivity index (χ3v) is 3.77. The highest BCUT2D eigenvalue weighted by Gasteiger charge is 2.39. The summed E-state index contributed by atoms with van der Waals surface area (Å²) in [6, 6.07) is 2.83. The first-order valence-electron chi connectivity index (χ1n) is 5.92. The number of amides is 1. The van der Waals surface area contributed by atoms with Crippen LogP contribution in [0.5, 0.6) is 0 Å². The quantitative estimate of drug-likeness (QED) is 0.923. The Kier molecular flexibility index (Phi) is 3.89. The van der Waals surface area contributed by atoms with Gasteiger partial charge in [0.25, 0.3) is 5.91 Å². The zero-order valence-electron chi connectivity index (χ0n) is 10.3. The Bertz CT molecular complexity index is 531. The molecular weight excluding hydrogens is 317 g/mol. The smallest absolute Gasteiger partial charge is 0.326 e. The standard InChI is InChI=1S/C13H13BrFNO3/c1-7(13(18)19)16(9-3-4-9)12(17)10-5-2-8(15)6-11(10)14/h2,5-7,9H,3-4H2,1H3,(H,18,19). The Balaban J connectivity index is 2.31. The number of carbonyl (C=O) groups excluding carboxylic acids is 1. The summed E-state index contributed by atoms with van der Waals surface area (Å²) in [5, 5.41) is 9.07. The van der Waals surface area contributed by atoms with Crippen LogP contribution in [0.1, 0.15) is 30.1 Å². The van der Waals surface area contributed by atoms with Gasteiger partial charge in [-0.1, -0.05) is 0 Å². The summed E-state index contributed by atoms with van der Waals surface area (Å²) < 4.78 is 13.4. The molecule has 1 unspecified atom stereocenters. The van der Waals surface area contributed by atoms with Crippen molar-refractivity contribution in [3.05, 3.63) is 34.1 Å². The first kappa shape index (κ1) is 14.0. The number of hydrogen-bond acceptors (Lipinski definition) is 2. The van der Waals surface area contributed by atoms with Crippen LogP contribution in [0.2, 0.25) is 0 Å². The molecule has 102 valence electrons. The monoisotopic (exact) mass is 329 g/mol. The summed E-state index contributed by atoms with van der Waals surface area (Å²) in [7, 11) is 0. The zero-order valence-corrected chi connectivity index (χ0v) is 11.9. The van der Waals surface area contributed by atoms with Crippen LogP contribution in [-0.4, -0.2) is 34.0 Å². The Morgan fingerprint density at radius 1 is 1.47 bits per heavy atom. The molecular formula is C13H13BrFNO3. The van der Waals surface area contributed by atoms with Crippen molar-refractivity contribution in [2.45, 2.75) is 31.8 Å². The Labute approximate surface area is 118 Å². The van der Waals surface area contributed by atoms with Gasteiger partial charge < -0.3 is 10.0 Å². The van der Waals surface area contributed by atoms with Gasteiger partial charge in [0.15, 0.2) is 0 Å². The SMILES string of the molecule is CC(C(=O)O)N(C(=O)c1ccc(F)cc1Br)C1CC1. The molecule has 1 aliphatic carbocycles. The van der Waals surface area contributed by atoms with E-state index in [-0.39, 0.29) is 17.5 Å². The van der Waals surface area contributed by atoms with Crippen LogP contribution in [0.3, 0.4) is 0 Å². The highest BCUT2D eigenvalue weighted by molar-refractivity contribution is 9.10. The molecule has 4 nitrogen and oxygen atoms in total. The maximum Gasteiger partial charge on any atom is 0.326 e. The molecule has 1 aromatic carbocycles. The predicted molar refractivity (Wildman–Crippen MR) is 70.4 cm³/mol. The van der Waals surface area contributed by atoms with Crippen LogP contribution in [0.4, 0.5) is 4.39 Å². The van der Waals surface area contributed by atoms with Gasteiger partial charge in [0.05, 0.1) is 5.56 Å². The highest BCUT2D eigenvalue weighted by Crippen LogP contribution is 2.31. The van der Waals surface area contributed by atoms with Crippen molar-refractivity contribution in [1.82, 2.24) is 4.90 Å². The van der Waals surface area contributed by atoms with Gasteiger partial charge in [0, 0.05) is 10.5 Å². The summed E-state index contributed by atoms with van der Waals surface area (Å²) in [6.07, 6.45) is 1.62. The molecule has 6 heteroatoms. The number of carboxylic acid groups (broad SMARTS) is 1. The normalized spacial score (nSPS) is 15.9. The second kappa shape index (κ2) is 5.28. The lowest BCUT2D eigenvalue weighted by atomic mass is 10.1. The van der Waals surface area contributed by atoms with E-state index in [1.165, 1.54) is 30.0 Å². The Morgan fingerprint density at radius 2 is 2.11 bits per heavy atom. The van der Waals surface area contributed by atoms with Crippen molar-refractivity contribution in [2.75, 3.05) is 0 Å². The molecule has 0 bridgehead atoms. The lowest BCUT2D eigenvalue weighted by molar-refractivity contribution is -0.141. The summed E-state index contributed by atoms with van der Waals surface area (Å²) in [5.41, 5.74) is 0.279. The highest BCUT2D eigenvalue weighted by atomic mass is 79.9. The molecule has 1 atom stereocenters. The molecule has 0 aromatic heterocycles. The summed E-state index contributed by atoms with van der Waals surface area (Å²) >= 11 is 3.14. The molecule has 0 heterocycles. The number of benzene rings is 1. The lowest BCUT2D eigenvalue weighted by Crippen LogP contribution is -2.44. The van der Waals surface area contributed by atoms with Crippen LogP contribution < -0.4 is 0 Å². The van der Waals surface area contributed by atoms with Crippen molar-refractivity contribution >= 4 is 27.8 Å². The Morgan fingerprint density at radius 3 is 2.58 bits per heavy atom. The van der Waals surface area contributed by atoms with Gasteiger partial charge in [-0.25, -0.2) is 9.18 Å². The molecule has 1 aliphatic rings. The fourth-order valence-corrected chi connectivity index (χ4v) is 2.45. The van der Waals surface area contributed by atoms with Gasteiger partial charge in [-0.15, -0.1) is 0 Å². The zero-order chi connectivity index (χ0) is 14.2. The minimum atomic E-state index is -1.04. The van der Waals surface area contributed by atoms with Crippen LogP contribution >= 0.6 is 15.9 Å². The molecule has 0 aliphatic heterocycles. The number of halogens is 2. The third-order valence-electron chi connectivity index (χ3n) is 3.11. The van der Waals surface area contributed by atoms with Crippen LogP contribution in [0.25, 0.3) is 0 Å². The van der Waals surface area contributed by atoms with Crippen LogP contribution in [-0.2, 0) is 4.79 Å². The maximum atomic E-state index is 13.0. The minimum Gasteiger partial charge on any atom is -0.480 e. The summed E-state index contributed by atoms with van der Waals surface area (Å²) in [4.78, 5) is 24.9. The van der Waals surface area contributed by atoms with E-state index in [0.717, 1.165) is 12.8 Å². The van der Waals surface area contributed by atoms with Crippen LogP contribution in [0.15, 0.2) is 22.7 Å². The van der Waals surface area contributed by atoms with E-state index in [0.29, 0.717) is 4.47 Å². The summed E-state index contributed by atoms with van der Waals surface area (Å²) in [5.74, 6) is -1.88. The van der Waals surface area contributed by atoms with E-state index in [1.54, 1.807) is 0 Å². The topological polar surface area (TPSA) is 57.6 Å². The second-order valence-electron chi connectivity index (χ2n) is 4.58. The first-order chi connectivity index (χ1) is 8.91. The Hall–Kier alpha value is -1.43. The van der Waals surface area contributed by atoms with Crippen molar-refractivity contribution in [3.63, 3.8) is 0 Å². The molecule has 0 spiro atoms. The van der Waals surface area contributed by atoms with Gasteiger partial charge in [-0.2, -0.15) is 0 Å². The molecule has 1 aromatic rings. The van der Waals surface area contributed by atoms with E-state index in [4.69, 9.17) is 5.11 Å². The summed E-state index contributed by atoms with van der Waals surface area (Å²) in [6.45, 7) is 1.48. The van der Waals surface area contributed by atoms with Crippen molar-refractivity contribution in [3.8, 4) is 0 Å². The van der Waals surface area contributed by atoms with E-state index in [1.807, 2.05) is 0 Å². The molecule has 0 saturated heterocycles.